The molecular weight excluding hydrogens is 330 g/mol. The molecule has 4 rings (SSSR count). The van der Waals surface area contributed by atoms with E-state index in [4.69, 9.17) is 4.74 Å². The molecule has 6 nitrogen and oxygen atoms in total. The molecule has 1 aliphatic heterocycles. The van der Waals surface area contributed by atoms with Crippen molar-refractivity contribution in [3.63, 3.8) is 0 Å². The lowest BCUT2D eigenvalue weighted by Gasteiger charge is -2.26. The third-order valence-electron chi connectivity index (χ3n) is 4.91. The van der Waals surface area contributed by atoms with Crippen molar-refractivity contribution in [2.24, 2.45) is 7.05 Å². The van der Waals surface area contributed by atoms with E-state index in [1.165, 1.54) is 0 Å². The molecule has 1 amide bonds. The monoisotopic (exact) mass is 351 g/mol. The number of carbonyl (C=O) groups excluding carboxylic acids is 1. The number of benzene rings is 2. The second-order valence-corrected chi connectivity index (χ2v) is 6.53. The fraction of sp³-hybridized carbons (Fsp3) is 0.300. The number of hydrogen-bond donors (Lipinski definition) is 1. The molecule has 2 heterocycles. The normalized spacial score (nSPS) is 16.1. The molecule has 0 saturated carbocycles. The number of amides is 1. The Morgan fingerprint density at radius 1 is 1.15 bits per heavy atom. The maximum atomic E-state index is 12.5. The van der Waals surface area contributed by atoms with Crippen LogP contribution in [-0.2, 0) is 18.4 Å². The fourth-order valence-electron chi connectivity index (χ4n) is 3.55. The first-order valence-electron chi connectivity index (χ1n) is 8.80. The number of carbonyl (C=O) groups is 1. The van der Waals surface area contributed by atoms with Gasteiger partial charge in [0.2, 0.25) is 5.91 Å². The van der Waals surface area contributed by atoms with Crippen molar-refractivity contribution in [3.8, 4) is 5.75 Å². The third-order valence-corrected chi connectivity index (χ3v) is 4.91. The Morgan fingerprint density at radius 2 is 1.88 bits per heavy atom. The van der Waals surface area contributed by atoms with E-state index in [9.17, 15) is 9.59 Å². The van der Waals surface area contributed by atoms with Crippen LogP contribution in [0.2, 0.25) is 0 Å². The summed E-state index contributed by atoms with van der Waals surface area (Å²) in [7, 11) is 1.75. The number of para-hydroxylation sites is 3. The molecule has 0 bridgehead atoms. The van der Waals surface area contributed by atoms with Crippen molar-refractivity contribution in [2.75, 3.05) is 6.61 Å². The van der Waals surface area contributed by atoms with E-state index in [0.717, 1.165) is 28.8 Å². The van der Waals surface area contributed by atoms with Crippen LogP contribution in [0.1, 0.15) is 24.4 Å². The van der Waals surface area contributed by atoms with Crippen LogP contribution < -0.4 is 15.7 Å². The van der Waals surface area contributed by atoms with Crippen molar-refractivity contribution >= 4 is 16.9 Å². The molecule has 3 aromatic rings. The molecule has 0 spiro atoms. The average Bonchev–Trinajstić information content (AvgIpc) is 2.91. The summed E-state index contributed by atoms with van der Waals surface area (Å²) in [4.78, 5) is 24.9. The van der Waals surface area contributed by atoms with E-state index in [-0.39, 0.29) is 24.1 Å². The van der Waals surface area contributed by atoms with E-state index in [2.05, 4.69) is 5.32 Å². The standard InChI is InChI=1S/C20H21N3O3/c1-22-16-7-3-4-8-17(16)23(20(22)25)12-10-19(24)21-15-11-13-26-18-9-5-2-6-14(15)18/h2-9,15H,10-13H2,1H3,(H,21,24). The zero-order valence-corrected chi connectivity index (χ0v) is 14.6. The Labute approximate surface area is 151 Å². The third kappa shape index (κ3) is 2.87. The van der Waals surface area contributed by atoms with Gasteiger partial charge in [-0.1, -0.05) is 30.3 Å². The van der Waals surface area contributed by atoms with Gasteiger partial charge in [0.15, 0.2) is 0 Å². The zero-order valence-electron chi connectivity index (χ0n) is 14.6. The predicted octanol–water partition coefficient (Wildman–Crippen LogP) is 2.37. The Kier molecular flexibility index (Phi) is 4.24. The largest absolute Gasteiger partial charge is 0.493 e. The number of imidazole rings is 1. The van der Waals surface area contributed by atoms with Crippen LogP contribution in [-0.4, -0.2) is 21.6 Å². The molecule has 26 heavy (non-hydrogen) atoms. The summed E-state index contributed by atoms with van der Waals surface area (Å²) >= 11 is 0. The van der Waals surface area contributed by atoms with Gasteiger partial charge in [0.25, 0.3) is 0 Å². The summed E-state index contributed by atoms with van der Waals surface area (Å²) < 4.78 is 8.90. The topological polar surface area (TPSA) is 65.3 Å². The van der Waals surface area contributed by atoms with Crippen molar-refractivity contribution in [3.05, 3.63) is 64.6 Å². The molecule has 0 fully saturated rings. The summed E-state index contributed by atoms with van der Waals surface area (Å²) in [6.45, 7) is 0.946. The van der Waals surface area contributed by atoms with E-state index < -0.39 is 0 Å². The van der Waals surface area contributed by atoms with Gasteiger partial charge in [0, 0.05) is 32.0 Å². The molecule has 0 aliphatic carbocycles. The van der Waals surface area contributed by atoms with Crippen LogP contribution >= 0.6 is 0 Å². The van der Waals surface area contributed by atoms with E-state index in [1.807, 2.05) is 48.5 Å². The van der Waals surface area contributed by atoms with E-state index >= 15 is 0 Å². The molecule has 1 atom stereocenters. The van der Waals surface area contributed by atoms with E-state index in [0.29, 0.717) is 13.2 Å². The minimum Gasteiger partial charge on any atom is -0.493 e. The van der Waals surface area contributed by atoms with Crippen molar-refractivity contribution in [1.82, 2.24) is 14.5 Å². The number of fused-ring (bicyclic) bond motifs is 2. The van der Waals surface area contributed by atoms with Crippen LogP contribution in [0.4, 0.5) is 0 Å². The van der Waals surface area contributed by atoms with Crippen LogP contribution in [0.15, 0.2) is 53.3 Å². The highest BCUT2D eigenvalue weighted by Gasteiger charge is 2.22. The number of aromatic nitrogens is 2. The minimum atomic E-state index is -0.101. The highest BCUT2D eigenvalue weighted by Crippen LogP contribution is 2.31. The molecule has 134 valence electrons. The lowest BCUT2D eigenvalue weighted by Crippen LogP contribution is -2.33. The van der Waals surface area contributed by atoms with Crippen molar-refractivity contribution < 1.29 is 9.53 Å². The highest BCUT2D eigenvalue weighted by atomic mass is 16.5. The maximum absolute atomic E-state index is 12.5. The van der Waals surface area contributed by atoms with Gasteiger partial charge in [0.1, 0.15) is 5.75 Å². The number of hydrogen-bond acceptors (Lipinski definition) is 3. The molecule has 0 radical (unpaired) electrons. The van der Waals surface area contributed by atoms with Crippen LogP contribution in [0.5, 0.6) is 5.75 Å². The molecular formula is C20H21N3O3. The smallest absolute Gasteiger partial charge is 0.328 e. The lowest BCUT2D eigenvalue weighted by atomic mass is 10.0. The van der Waals surface area contributed by atoms with Crippen molar-refractivity contribution in [2.45, 2.75) is 25.4 Å². The van der Waals surface area contributed by atoms with Gasteiger partial charge in [-0.2, -0.15) is 0 Å². The maximum Gasteiger partial charge on any atom is 0.328 e. The summed E-state index contributed by atoms with van der Waals surface area (Å²) in [6.07, 6.45) is 1.00. The Bertz CT molecular complexity index is 1020. The summed E-state index contributed by atoms with van der Waals surface area (Å²) in [5.74, 6) is 0.765. The van der Waals surface area contributed by atoms with Gasteiger partial charge in [-0.15, -0.1) is 0 Å². The first-order valence-corrected chi connectivity index (χ1v) is 8.80. The van der Waals surface area contributed by atoms with Gasteiger partial charge in [-0.3, -0.25) is 13.9 Å². The van der Waals surface area contributed by atoms with Crippen LogP contribution in [0.3, 0.4) is 0 Å². The highest BCUT2D eigenvalue weighted by molar-refractivity contribution is 5.78. The summed E-state index contributed by atoms with van der Waals surface area (Å²) in [6, 6.07) is 15.3. The predicted molar refractivity (Wildman–Crippen MR) is 99.2 cm³/mol. The Balaban J connectivity index is 1.48. The molecule has 2 aromatic carbocycles. The number of nitrogens with one attached hydrogen (secondary N) is 1. The number of nitrogens with zero attached hydrogens (tertiary/aromatic N) is 2. The number of rotatable bonds is 4. The number of aryl methyl sites for hydroxylation is 2. The molecule has 1 aliphatic rings. The second kappa shape index (κ2) is 6.71. The Hall–Kier alpha value is -3.02. The van der Waals surface area contributed by atoms with Crippen molar-refractivity contribution in [1.29, 1.82) is 0 Å². The molecule has 1 aromatic heterocycles. The Morgan fingerprint density at radius 3 is 2.73 bits per heavy atom. The molecule has 1 unspecified atom stereocenters. The first kappa shape index (κ1) is 16.4. The minimum absolute atomic E-state index is 0.0447. The average molecular weight is 351 g/mol. The fourth-order valence-corrected chi connectivity index (χ4v) is 3.55. The molecule has 1 N–H and O–H groups in total. The van der Waals surface area contributed by atoms with Gasteiger partial charge in [-0.05, 0) is 18.2 Å². The number of ether oxygens (including phenoxy) is 1. The summed E-state index contributed by atoms with van der Waals surface area (Å²) in [5, 5.41) is 3.08. The molecule has 0 saturated heterocycles. The lowest BCUT2D eigenvalue weighted by molar-refractivity contribution is -0.122. The van der Waals surface area contributed by atoms with Crippen LogP contribution in [0, 0.1) is 0 Å². The molecule has 6 heteroatoms. The SMILES string of the molecule is Cn1c(=O)n(CCC(=O)NC2CCOc3ccccc32)c2ccccc21. The first-order chi connectivity index (χ1) is 12.6. The zero-order chi connectivity index (χ0) is 18.1. The quantitative estimate of drug-likeness (QED) is 0.785. The summed E-state index contributed by atoms with van der Waals surface area (Å²) in [5.41, 5.74) is 2.63. The van der Waals surface area contributed by atoms with Crippen LogP contribution in [0.25, 0.3) is 11.0 Å². The van der Waals surface area contributed by atoms with Gasteiger partial charge in [0.05, 0.1) is 23.7 Å². The van der Waals surface area contributed by atoms with Gasteiger partial charge >= 0.3 is 5.69 Å². The van der Waals surface area contributed by atoms with Gasteiger partial charge < -0.3 is 10.1 Å². The van der Waals surface area contributed by atoms with Gasteiger partial charge in [-0.25, -0.2) is 4.79 Å². The van der Waals surface area contributed by atoms with E-state index in [1.54, 1.807) is 16.2 Å². The second-order valence-electron chi connectivity index (χ2n) is 6.53.